The topological polar surface area (TPSA) is 18.5 Å². The lowest BCUT2D eigenvalue weighted by molar-refractivity contribution is -0.154. The molecule has 0 saturated carbocycles. The summed E-state index contributed by atoms with van der Waals surface area (Å²) in [5, 5.41) is 0. The summed E-state index contributed by atoms with van der Waals surface area (Å²) in [6.45, 7) is 11.3. The van der Waals surface area contributed by atoms with Crippen molar-refractivity contribution in [3.63, 3.8) is 0 Å². The van der Waals surface area contributed by atoms with E-state index in [-0.39, 0.29) is 16.7 Å². The molecule has 1 rings (SSSR count). The van der Waals surface area contributed by atoms with E-state index < -0.39 is 30.1 Å². The molecule has 0 N–H and O–H groups in total. The van der Waals surface area contributed by atoms with Gasteiger partial charge in [-0.05, 0) is 24.1 Å². The van der Waals surface area contributed by atoms with Crippen LogP contribution in [0.1, 0.15) is 6.42 Å². The third kappa shape index (κ3) is 5.13. The molecule has 22 heavy (non-hydrogen) atoms. The van der Waals surface area contributed by atoms with Gasteiger partial charge in [0.05, 0.1) is 13.2 Å². The Balaban J connectivity index is 2.76. The van der Waals surface area contributed by atoms with Crippen LogP contribution in [0.2, 0.25) is 0 Å². The highest BCUT2D eigenvalue weighted by atomic mass is 19.2. The summed E-state index contributed by atoms with van der Waals surface area (Å²) in [4.78, 5) is 0. The lowest BCUT2D eigenvalue weighted by Gasteiger charge is -2.23. The molecular formula is C16H16F4O2. The third-order valence-corrected chi connectivity index (χ3v) is 2.74. The van der Waals surface area contributed by atoms with Gasteiger partial charge in [-0.1, -0.05) is 19.7 Å². The second-order valence-corrected chi connectivity index (χ2v) is 4.45. The summed E-state index contributed by atoms with van der Waals surface area (Å²) in [6, 6.07) is 0. The molecule has 2 nitrogen and oxygen atoms in total. The fourth-order valence-electron chi connectivity index (χ4n) is 1.53. The van der Waals surface area contributed by atoms with Gasteiger partial charge in [-0.25, -0.2) is 17.6 Å². The largest absolute Gasteiger partial charge is 0.348 e. The molecule has 1 saturated heterocycles. The van der Waals surface area contributed by atoms with Crippen molar-refractivity contribution < 1.29 is 27.0 Å². The minimum atomic E-state index is -1.72. The summed E-state index contributed by atoms with van der Waals surface area (Å²) in [6.07, 6.45) is 0.971. The van der Waals surface area contributed by atoms with E-state index in [4.69, 9.17) is 9.47 Å². The van der Waals surface area contributed by atoms with E-state index in [1.54, 1.807) is 0 Å². The predicted octanol–water partition coefficient (Wildman–Crippen LogP) is 4.91. The zero-order valence-corrected chi connectivity index (χ0v) is 11.9. The van der Waals surface area contributed by atoms with Crippen molar-refractivity contribution in [1.82, 2.24) is 0 Å². The zero-order valence-electron chi connectivity index (χ0n) is 11.9. The highest BCUT2D eigenvalue weighted by molar-refractivity contribution is 5.49. The van der Waals surface area contributed by atoms with Crippen molar-refractivity contribution >= 4 is 0 Å². The monoisotopic (exact) mass is 316 g/mol. The van der Waals surface area contributed by atoms with Crippen LogP contribution in [0.15, 0.2) is 72.4 Å². The lowest BCUT2D eigenvalue weighted by atomic mass is 10.1. The van der Waals surface area contributed by atoms with E-state index in [1.807, 2.05) is 0 Å². The Morgan fingerprint density at radius 2 is 1.50 bits per heavy atom. The normalized spacial score (nSPS) is 18.3. The van der Waals surface area contributed by atoms with Crippen LogP contribution in [0, 0.1) is 0 Å². The Bertz CT molecular complexity index is 552. The molecular weight excluding hydrogens is 300 g/mol. The van der Waals surface area contributed by atoms with Gasteiger partial charge in [0.2, 0.25) is 0 Å². The first-order valence-electron chi connectivity index (χ1n) is 6.38. The second-order valence-electron chi connectivity index (χ2n) is 4.45. The van der Waals surface area contributed by atoms with Gasteiger partial charge < -0.3 is 9.47 Å². The van der Waals surface area contributed by atoms with E-state index in [0.717, 1.165) is 12.5 Å². The Labute approximate surface area is 126 Å². The number of hydrogen-bond donors (Lipinski definition) is 0. The molecule has 0 aliphatic carbocycles. The maximum absolute atomic E-state index is 14.0. The van der Waals surface area contributed by atoms with Crippen molar-refractivity contribution in [3.8, 4) is 0 Å². The Morgan fingerprint density at radius 1 is 0.909 bits per heavy atom. The zero-order chi connectivity index (χ0) is 16.7. The first-order chi connectivity index (χ1) is 10.4. The van der Waals surface area contributed by atoms with Crippen LogP contribution >= 0.6 is 0 Å². The number of halogens is 4. The number of rotatable bonds is 6. The Hall–Kier alpha value is -1.92. The summed E-state index contributed by atoms with van der Waals surface area (Å²) >= 11 is 0. The average molecular weight is 316 g/mol. The minimum absolute atomic E-state index is 0.213. The Morgan fingerprint density at radius 3 is 2.05 bits per heavy atom. The fraction of sp³-hybridized carbons (Fsp3) is 0.250. The molecule has 0 spiro atoms. The highest BCUT2D eigenvalue weighted by Gasteiger charge is 2.17. The first-order valence-corrected chi connectivity index (χ1v) is 6.38. The lowest BCUT2D eigenvalue weighted by Crippen LogP contribution is -2.25. The second kappa shape index (κ2) is 8.51. The van der Waals surface area contributed by atoms with Crippen LogP contribution in [0.3, 0.4) is 0 Å². The van der Waals surface area contributed by atoms with Gasteiger partial charge in [0.1, 0.15) is 12.2 Å². The van der Waals surface area contributed by atoms with Crippen molar-refractivity contribution in [1.29, 1.82) is 0 Å². The van der Waals surface area contributed by atoms with Crippen molar-refractivity contribution in [2.75, 3.05) is 13.2 Å². The van der Waals surface area contributed by atoms with Gasteiger partial charge in [0.15, 0.2) is 17.9 Å². The van der Waals surface area contributed by atoms with Gasteiger partial charge in [-0.2, -0.15) is 0 Å². The molecule has 6 heteroatoms. The molecule has 0 aromatic carbocycles. The third-order valence-electron chi connectivity index (χ3n) is 2.74. The van der Waals surface area contributed by atoms with Crippen molar-refractivity contribution in [2.24, 2.45) is 0 Å². The van der Waals surface area contributed by atoms with E-state index in [9.17, 15) is 17.6 Å². The molecule has 0 radical (unpaired) electrons. The molecule has 1 aliphatic rings. The predicted molar refractivity (Wildman–Crippen MR) is 76.4 cm³/mol. The maximum Gasteiger partial charge on any atom is 0.186 e. The molecule has 0 amide bonds. The standard InChI is InChI=1S/C16H16F4O2/c1-10(7-14(19)15(20)9-17)12(3)13(18)8-11(2)16-21-5-4-6-22-16/h7-9,16H,1-6H2/b13-8+,14-7+,15-9-. The van der Waals surface area contributed by atoms with Crippen LogP contribution < -0.4 is 0 Å². The van der Waals surface area contributed by atoms with E-state index >= 15 is 0 Å². The molecule has 120 valence electrons. The fourth-order valence-corrected chi connectivity index (χ4v) is 1.53. The molecule has 0 aromatic rings. The maximum atomic E-state index is 14.0. The van der Waals surface area contributed by atoms with Gasteiger partial charge in [-0.3, -0.25) is 0 Å². The van der Waals surface area contributed by atoms with E-state index in [2.05, 4.69) is 19.7 Å². The summed E-state index contributed by atoms with van der Waals surface area (Å²) < 4.78 is 62.0. The van der Waals surface area contributed by atoms with Crippen LogP contribution in [-0.2, 0) is 9.47 Å². The molecule has 0 atom stereocenters. The summed E-state index contributed by atoms with van der Waals surface area (Å²) in [5.74, 6) is -4.09. The van der Waals surface area contributed by atoms with E-state index in [1.165, 1.54) is 0 Å². The molecule has 0 aromatic heterocycles. The van der Waals surface area contributed by atoms with Gasteiger partial charge in [-0.15, -0.1) is 0 Å². The van der Waals surface area contributed by atoms with Gasteiger partial charge in [0, 0.05) is 11.1 Å². The number of allylic oxidation sites excluding steroid dienone is 6. The van der Waals surface area contributed by atoms with Crippen molar-refractivity contribution in [3.05, 3.63) is 72.4 Å². The van der Waals surface area contributed by atoms with Crippen LogP contribution in [0.5, 0.6) is 0 Å². The number of ether oxygens (including phenoxy) is 2. The molecule has 0 bridgehead atoms. The van der Waals surface area contributed by atoms with Gasteiger partial charge in [0.25, 0.3) is 0 Å². The average Bonchev–Trinajstić information content (AvgIpc) is 2.53. The van der Waals surface area contributed by atoms with Crippen LogP contribution in [0.25, 0.3) is 0 Å². The first kappa shape index (κ1) is 18.1. The SMILES string of the molecule is C=C(/C=C(F)\C(F)=C\F)C(=C)/C(F)=C\C(=C)C1OCCCO1. The quantitative estimate of drug-likeness (QED) is 0.512. The van der Waals surface area contributed by atoms with E-state index in [0.29, 0.717) is 19.3 Å². The van der Waals surface area contributed by atoms with Crippen LogP contribution in [-0.4, -0.2) is 19.5 Å². The smallest absolute Gasteiger partial charge is 0.186 e. The molecule has 1 aliphatic heterocycles. The summed E-state index contributed by atoms with van der Waals surface area (Å²) in [7, 11) is 0. The highest BCUT2D eigenvalue weighted by Crippen LogP contribution is 2.25. The van der Waals surface area contributed by atoms with Crippen LogP contribution in [0.4, 0.5) is 17.6 Å². The molecule has 1 fully saturated rings. The molecule has 0 unspecified atom stereocenters. The Kier molecular flexibility index (Phi) is 7.01. The molecule has 1 heterocycles. The minimum Gasteiger partial charge on any atom is -0.348 e. The van der Waals surface area contributed by atoms with Crippen molar-refractivity contribution in [2.45, 2.75) is 12.7 Å². The summed E-state index contributed by atoms with van der Waals surface area (Å²) in [5.41, 5.74) is -0.328. The number of hydrogen-bond acceptors (Lipinski definition) is 2. The van der Waals surface area contributed by atoms with Gasteiger partial charge >= 0.3 is 0 Å².